The molecule has 3 fully saturated rings. The van der Waals surface area contributed by atoms with Crippen LogP contribution >= 0.6 is 0 Å². The first-order valence-corrected chi connectivity index (χ1v) is 12.9. The predicted octanol–water partition coefficient (Wildman–Crippen LogP) is 3.62. The van der Waals surface area contributed by atoms with E-state index >= 15 is 0 Å². The van der Waals surface area contributed by atoms with Crippen LogP contribution in [-0.4, -0.2) is 50.1 Å². The van der Waals surface area contributed by atoms with Crippen molar-refractivity contribution < 1.29 is 25.2 Å². The number of hydrogen-bond acceptors (Lipinski definition) is 5. The topological polar surface area (TPSA) is 98.0 Å². The van der Waals surface area contributed by atoms with Gasteiger partial charge in [0, 0.05) is 11.3 Å². The SMILES string of the molecule is CC(C)CC[C@@H](O)[C@@H](C)C1CCC2(O)C3=CC(=O)[C@@H]4C[C@@H](O)[C@@H](O)C[C@]4(C)[C@H]3CC[C@]12C. The van der Waals surface area contributed by atoms with Gasteiger partial charge in [0.25, 0.3) is 0 Å². The summed E-state index contributed by atoms with van der Waals surface area (Å²) >= 11 is 0. The number of fused-ring (bicyclic) bond motifs is 5. The van der Waals surface area contributed by atoms with Crippen molar-refractivity contribution in [3.63, 3.8) is 0 Å². The number of carbonyl (C=O) groups excluding carboxylic acids is 1. The first-order chi connectivity index (χ1) is 14.8. The molecule has 0 heterocycles. The fraction of sp³-hybridized carbons (Fsp3) is 0.889. The van der Waals surface area contributed by atoms with Crippen LogP contribution in [0.3, 0.4) is 0 Å². The van der Waals surface area contributed by atoms with E-state index < -0.39 is 23.2 Å². The molecule has 4 aliphatic rings. The Hall–Kier alpha value is -0.750. The highest BCUT2D eigenvalue weighted by Gasteiger charge is 2.67. The van der Waals surface area contributed by atoms with Crippen LogP contribution in [0.5, 0.6) is 0 Å². The highest BCUT2D eigenvalue weighted by Crippen LogP contribution is 2.68. The summed E-state index contributed by atoms with van der Waals surface area (Å²) in [4.78, 5) is 13.2. The van der Waals surface area contributed by atoms with E-state index in [4.69, 9.17) is 0 Å². The van der Waals surface area contributed by atoms with Crippen LogP contribution in [0.1, 0.15) is 86.0 Å². The smallest absolute Gasteiger partial charge is 0.159 e. The minimum atomic E-state index is -1.04. The Labute approximate surface area is 193 Å². The zero-order chi connectivity index (χ0) is 23.6. The minimum absolute atomic E-state index is 0.00385. The Morgan fingerprint density at radius 2 is 1.72 bits per heavy atom. The summed E-state index contributed by atoms with van der Waals surface area (Å²) in [6.07, 6.45) is 5.34. The first kappa shape index (κ1) is 24.4. The molecule has 4 rings (SSSR count). The molecule has 0 amide bonds. The van der Waals surface area contributed by atoms with Gasteiger partial charge in [-0.25, -0.2) is 0 Å². The maximum Gasteiger partial charge on any atom is 0.159 e. The molecule has 4 aliphatic carbocycles. The minimum Gasteiger partial charge on any atom is -0.393 e. The van der Waals surface area contributed by atoms with Gasteiger partial charge in [0.2, 0.25) is 0 Å². The average Bonchev–Trinajstić information content (AvgIpc) is 2.99. The number of ketones is 1. The van der Waals surface area contributed by atoms with Crippen molar-refractivity contribution in [1.82, 2.24) is 0 Å². The second-order valence-electron chi connectivity index (χ2n) is 12.5. The van der Waals surface area contributed by atoms with Gasteiger partial charge in [-0.15, -0.1) is 0 Å². The molecular weight excluding hydrogens is 404 g/mol. The molecule has 10 atom stereocenters. The Balaban J connectivity index is 1.64. The van der Waals surface area contributed by atoms with Crippen molar-refractivity contribution in [2.24, 2.45) is 40.4 Å². The van der Waals surface area contributed by atoms with Crippen LogP contribution in [0.2, 0.25) is 0 Å². The summed E-state index contributed by atoms with van der Waals surface area (Å²) in [7, 11) is 0. The molecule has 182 valence electrons. The van der Waals surface area contributed by atoms with Crippen LogP contribution in [0.25, 0.3) is 0 Å². The second kappa shape index (κ2) is 8.18. The third-order valence-corrected chi connectivity index (χ3v) is 10.5. The number of allylic oxidation sites excluding steroid dienone is 1. The van der Waals surface area contributed by atoms with Gasteiger partial charge < -0.3 is 20.4 Å². The van der Waals surface area contributed by atoms with Crippen molar-refractivity contribution in [2.45, 2.75) is 110 Å². The van der Waals surface area contributed by atoms with Gasteiger partial charge in [-0.1, -0.05) is 34.6 Å². The van der Waals surface area contributed by atoms with Gasteiger partial charge >= 0.3 is 0 Å². The Morgan fingerprint density at radius 1 is 1.03 bits per heavy atom. The summed E-state index contributed by atoms with van der Waals surface area (Å²) in [6, 6.07) is 0. The summed E-state index contributed by atoms with van der Waals surface area (Å²) in [5, 5.41) is 43.8. The standard InChI is InChI=1S/C27H44O5/c1-15(2)6-7-21(28)16(3)17-9-11-27(32)19-12-22(29)20-13-23(30)24(31)14-25(20,4)18(19)8-10-26(17,27)5/h12,15-18,20-21,23-24,28,30-32H,6-11,13-14H2,1-5H3/t16-,17?,18-,20-,21+,23+,24-,25+,26+,27?/m0/s1. The third-order valence-electron chi connectivity index (χ3n) is 10.5. The van der Waals surface area contributed by atoms with Crippen LogP contribution < -0.4 is 0 Å². The summed E-state index contributed by atoms with van der Waals surface area (Å²) in [5.41, 5.74) is -0.983. The summed E-state index contributed by atoms with van der Waals surface area (Å²) < 4.78 is 0. The second-order valence-corrected chi connectivity index (χ2v) is 12.5. The van der Waals surface area contributed by atoms with E-state index in [1.165, 1.54) is 0 Å². The molecule has 2 unspecified atom stereocenters. The van der Waals surface area contributed by atoms with Crippen molar-refractivity contribution in [2.75, 3.05) is 0 Å². The number of hydrogen-bond donors (Lipinski definition) is 4. The van der Waals surface area contributed by atoms with E-state index in [9.17, 15) is 25.2 Å². The maximum absolute atomic E-state index is 13.2. The van der Waals surface area contributed by atoms with Gasteiger partial charge in [-0.2, -0.15) is 0 Å². The zero-order valence-corrected chi connectivity index (χ0v) is 20.6. The fourth-order valence-electron chi connectivity index (χ4n) is 8.29. The van der Waals surface area contributed by atoms with Crippen LogP contribution in [0.4, 0.5) is 0 Å². The Kier molecular flexibility index (Phi) is 6.23. The molecule has 5 nitrogen and oxygen atoms in total. The molecule has 0 spiro atoms. The number of carbonyl (C=O) groups is 1. The van der Waals surface area contributed by atoms with Gasteiger partial charge in [-0.3, -0.25) is 4.79 Å². The van der Waals surface area contributed by atoms with E-state index in [0.29, 0.717) is 25.2 Å². The molecule has 5 heteroatoms. The average molecular weight is 449 g/mol. The van der Waals surface area contributed by atoms with Crippen molar-refractivity contribution in [1.29, 1.82) is 0 Å². The summed E-state index contributed by atoms with van der Waals surface area (Å²) in [5.74, 6) is 0.604. The molecular formula is C27H44O5. The van der Waals surface area contributed by atoms with E-state index in [1.54, 1.807) is 6.08 Å². The van der Waals surface area contributed by atoms with Gasteiger partial charge in [0.15, 0.2) is 5.78 Å². The normalized spacial score (nSPS) is 48.0. The van der Waals surface area contributed by atoms with Crippen molar-refractivity contribution >= 4 is 5.78 Å². The van der Waals surface area contributed by atoms with Gasteiger partial charge in [-0.05, 0) is 92.1 Å². The molecule has 32 heavy (non-hydrogen) atoms. The van der Waals surface area contributed by atoms with Crippen molar-refractivity contribution in [3.8, 4) is 0 Å². The van der Waals surface area contributed by atoms with E-state index in [0.717, 1.165) is 37.7 Å². The molecule has 0 saturated heterocycles. The maximum atomic E-state index is 13.2. The number of rotatable bonds is 5. The molecule has 0 aromatic carbocycles. The van der Waals surface area contributed by atoms with Crippen molar-refractivity contribution in [3.05, 3.63) is 11.6 Å². The van der Waals surface area contributed by atoms with Crippen LogP contribution in [-0.2, 0) is 4.79 Å². The molecule has 0 aromatic rings. The van der Waals surface area contributed by atoms with Gasteiger partial charge in [0.05, 0.1) is 23.9 Å². The van der Waals surface area contributed by atoms with Crippen LogP contribution in [0, 0.1) is 40.4 Å². The van der Waals surface area contributed by atoms with E-state index in [1.807, 2.05) is 0 Å². The molecule has 0 aromatic heterocycles. The molecule has 4 N–H and O–H groups in total. The lowest BCUT2D eigenvalue weighted by molar-refractivity contribution is -0.154. The highest BCUT2D eigenvalue weighted by molar-refractivity contribution is 5.95. The Bertz CT molecular complexity index is 776. The zero-order valence-electron chi connectivity index (χ0n) is 20.6. The lowest BCUT2D eigenvalue weighted by Crippen LogP contribution is -2.61. The lowest BCUT2D eigenvalue weighted by Gasteiger charge is -2.60. The molecule has 3 saturated carbocycles. The first-order valence-electron chi connectivity index (χ1n) is 12.9. The summed E-state index contributed by atoms with van der Waals surface area (Å²) in [6.45, 7) is 10.7. The molecule has 0 aliphatic heterocycles. The van der Waals surface area contributed by atoms with E-state index in [2.05, 4.69) is 34.6 Å². The molecule has 0 bridgehead atoms. The highest BCUT2D eigenvalue weighted by atomic mass is 16.3. The van der Waals surface area contributed by atoms with Crippen LogP contribution in [0.15, 0.2) is 11.6 Å². The fourth-order valence-corrected chi connectivity index (χ4v) is 8.29. The largest absolute Gasteiger partial charge is 0.393 e. The quantitative estimate of drug-likeness (QED) is 0.515. The number of aliphatic hydroxyl groups excluding tert-OH is 3. The molecule has 0 radical (unpaired) electrons. The third kappa shape index (κ3) is 3.45. The van der Waals surface area contributed by atoms with E-state index in [-0.39, 0.29) is 41.0 Å². The number of aliphatic hydroxyl groups is 4. The van der Waals surface area contributed by atoms with Gasteiger partial charge in [0.1, 0.15) is 0 Å². The lowest BCUT2D eigenvalue weighted by atomic mass is 9.46. The Morgan fingerprint density at radius 3 is 2.38 bits per heavy atom. The predicted molar refractivity (Wildman–Crippen MR) is 124 cm³/mol. The monoisotopic (exact) mass is 448 g/mol.